The van der Waals surface area contributed by atoms with Gasteiger partial charge < -0.3 is 10.1 Å². The summed E-state index contributed by atoms with van der Waals surface area (Å²) in [6.45, 7) is 0. The zero-order valence-corrected chi connectivity index (χ0v) is 15.5. The lowest BCUT2D eigenvalue weighted by Gasteiger charge is -2.34. The highest BCUT2D eigenvalue weighted by atomic mass is 16.5. The van der Waals surface area contributed by atoms with E-state index >= 15 is 0 Å². The quantitative estimate of drug-likeness (QED) is 0.873. The zero-order valence-electron chi connectivity index (χ0n) is 15.5. The predicted molar refractivity (Wildman–Crippen MR) is 101 cm³/mol. The number of hydrogen-bond donors (Lipinski definition) is 1. The largest absolute Gasteiger partial charge is 0.496 e. The Morgan fingerprint density at radius 1 is 1.07 bits per heavy atom. The number of allylic oxidation sites excluding steroid dienone is 2. The molecule has 0 saturated carbocycles. The summed E-state index contributed by atoms with van der Waals surface area (Å²) in [5, 5.41) is 3.21. The van der Waals surface area contributed by atoms with Crippen molar-refractivity contribution in [3.63, 3.8) is 0 Å². The minimum atomic E-state index is -0.564. The van der Waals surface area contributed by atoms with Gasteiger partial charge in [0.15, 0.2) is 5.78 Å². The van der Waals surface area contributed by atoms with Gasteiger partial charge in [0.1, 0.15) is 11.6 Å². The molecule has 1 aliphatic carbocycles. The Bertz CT molecular complexity index is 1110. The molecule has 2 aromatic rings. The number of fused-ring (bicyclic) bond motifs is 1. The Balaban J connectivity index is 2.12. The molecule has 27 heavy (non-hydrogen) atoms. The summed E-state index contributed by atoms with van der Waals surface area (Å²) in [7, 11) is 4.65. The third kappa shape index (κ3) is 2.45. The van der Waals surface area contributed by atoms with Crippen LogP contribution in [0.2, 0.25) is 0 Å². The van der Waals surface area contributed by atoms with Gasteiger partial charge in [-0.05, 0) is 18.9 Å². The summed E-state index contributed by atoms with van der Waals surface area (Å²) >= 11 is 0. The molecular weight excluding hydrogens is 346 g/mol. The Morgan fingerprint density at radius 2 is 1.81 bits per heavy atom. The van der Waals surface area contributed by atoms with E-state index in [1.54, 1.807) is 14.2 Å². The summed E-state index contributed by atoms with van der Waals surface area (Å²) in [6, 6.07) is 7.40. The van der Waals surface area contributed by atoms with Crippen LogP contribution in [0.4, 0.5) is 5.82 Å². The van der Waals surface area contributed by atoms with Gasteiger partial charge in [-0.3, -0.25) is 18.7 Å². The van der Waals surface area contributed by atoms with Gasteiger partial charge in [0.05, 0.1) is 18.6 Å². The van der Waals surface area contributed by atoms with Crippen molar-refractivity contribution in [2.75, 3.05) is 12.4 Å². The van der Waals surface area contributed by atoms with Crippen molar-refractivity contribution >= 4 is 11.6 Å². The van der Waals surface area contributed by atoms with Crippen molar-refractivity contribution in [1.82, 2.24) is 9.13 Å². The number of carbonyl (C=O) groups excluding carboxylic acids is 1. The van der Waals surface area contributed by atoms with E-state index in [1.165, 1.54) is 11.6 Å². The zero-order chi connectivity index (χ0) is 19.3. The average Bonchev–Trinajstić information content (AvgIpc) is 2.69. The van der Waals surface area contributed by atoms with E-state index in [4.69, 9.17) is 4.74 Å². The highest BCUT2D eigenvalue weighted by Crippen LogP contribution is 2.45. The van der Waals surface area contributed by atoms with Crippen molar-refractivity contribution in [2.24, 2.45) is 14.1 Å². The lowest BCUT2D eigenvalue weighted by atomic mass is 9.76. The number of hydrogen-bond acceptors (Lipinski definition) is 5. The lowest BCUT2D eigenvalue weighted by molar-refractivity contribution is -0.116. The van der Waals surface area contributed by atoms with Crippen molar-refractivity contribution < 1.29 is 9.53 Å². The van der Waals surface area contributed by atoms with Crippen molar-refractivity contribution in [3.8, 4) is 5.75 Å². The molecule has 0 amide bonds. The third-order valence-electron chi connectivity index (χ3n) is 5.45. The van der Waals surface area contributed by atoms with Gasteiger partial charge in [0.2, 0.25) is 0 Å². The molecule has 1 aromatic carbocycles. The topological polar surface area (TPSA) is 82.3 Å². The van der Waals surface area contributed by atoms with E-state index in [1.807, 2.05) is 24.3 Å². The molecule has 7 heteroatoms. The number of para-hydroxylation sites is 1. The van der Waals surface area contributed by atoms with Crippen LogP contribution in [0.15, 0.2) is 45.1 Å². The van der Waals surface area contributed by atoms with Crippen LogP contribution in [0, 0.1) is 0 Å². The lowest BCUT2D eigenvalue weighted by Crippen LogP contribution is -2.44. The molecule has 140 valence electrons. The van der Waals surface area contributed by atoms with E-state index in [0.29, 0.717) is 35.5 Å². The van der Waals surface area contributed by atoms with Crippen LogP contribution in [0.25, 0.3) is 0 Å². The first kappa shape index (κ1) is 17.3. The number of ketones is 1. The second-order valence-corrected chi connectivity index (χ2v) is 6.94. The maximum absolute atomic E-state index is 13.1. The minimum Gasteiger partial charge on any atom is -0.496 e. The van der Waals surface area contributed by atoms with Gasteiger partial charge in [-0.1, -0.05) is 18.2 Å². The molecule has 0 saturated heterocycles. The standard InChI is InChI=1S/C20H21N3O4/c1-22-18-17(19(25)23(2)20(22)26)15(11-7-4-5-10-14(11)27-3)16-12(21-18)8-6-9-13(16)24/h4-5,7,10,15,21H,6,8-9H2,1-3H3/t15-/m1/s1. The molecule has 2 heterocycles. The Kier molecular flexibility index (Phi) is 4.02. The minimum absolute atomic E-state index is 0.0289. The van der Waals surface area contributed by atoms with E-state index in [-0.39, 0.29) is 5.78 Å². The fraction of sp³-hybridized carbons (Fsp3) is 0.350. The van der Waals surface area contributed by atoms with Gasteiger partial charge in [-0.15, -0.1) is 0 Å². The maximum atomic E-state index is 13.1. The van der Waals surface area contributed by atoms with Gasteiger partial charge >= 0.3 is 5.69 Å². The Labute approximate surface area is 155 Å². The van der Waals surface area contributed by atoms with Gasteiger partial charge in [0, 0.05) is 37.3 Å². The van der Waals surface area contributed by atoms with Gasteiger partial charge in [0.25, 0.3) is 5.56 Å². The number of ether oxygens (including phenoxy) is 1. The number of benzene rings is 1. The van der Waals surface area contributed by atoms with Crippen LogP contribution in [-0.4, -0.2) is 22.0 Å². The normalized spacial score (nSPS) is 18.6. The summed E-state index contributed by atoms with van der Waals surface area (Å²) in [4.78, 5) is 38.4. The SMILES string of the molecule is COc1ccccc1[C@@H]1C2=C(CCCC2=O)Nc2c1c(=O)n(C)c(=O)n2C. The van der Waals surface area contributed by atoms with E-state index in [0.717, 1.165) is 22.2 Å². The number of nitrogens with zero attached hydrogens (tertiary/aromatic N) is 2. The fourth-order valence-corrected chi connectivity index (χ4v) is 4.11. The molecular formula is C20H21N3O4. The molecule has 0 spiro atoms. The third-order valence-corrected chi connectivity index (χ3v) is 5.45. The van der Waals surface area contributed by atoms with Crippen LogP contribution in [0.3, 0.4) is 0 Å². The molecule has 1 aromatic heterocycles. The number of aromatic nitrogens is 2. The van der Waals surface area contributed by atoms with Crippen molar-refractivity contribution in [2.45, 2.75) is 25.2 Å². The molecule has 0 fully saturated rings. The van der Waals surface area contributed by atoms with Crippen molar-refractivity contribution in [1.29, 1.82) is 0 Å². The Morgan fingerprint density at radius 3 is 2.56 bits per heavy atom. The van der Waals surface area contributed by atoms with Crippen LogP contribution >= 0.6 is 0 Å². The van der Waals surface area contributed by atoms with Crippen LogP contribution in [-0.2, 0) is 18.9 Å². The first-order valence-electron chi connectivity index (χ1n) is 8.91. The van der Waals surface area contributed by atoms with Gasteiger partial charge in [-0.2, -0.15) is 0 Å². The average molecular weight is 367 g/mol. The molecule has 2 aliphatic rings. The summed E-state index contributed by atoms with van der Waals surface area (Å²) in [6.07, 6.45) is 1.90. The number of carbonyl (C=O) groups is 1. The molecule has 7 nitrogen and oxygen atoms in total. The second-order valence-electron chi connectivity index (χ2n) is 6.94. The highest BCUT2D eigenvalue weighted by molar-refractivity contribution is 6.01. The molecule has 0 bridgehead atoms. The van der Waals surface area contributed by atoms with E-state index in [9.17, 15) is 14.4 Å². The first-order valence-corrected chi connectivity index (χ1v) is 8.91. The number of nitrogens with one attached hydrogen (secondary N) is 1. The second kappa shape index (κ2) is 6.26. The molecule has 0 radical (unpaired) electrons. The number of rotatable bonds is 2. The molecule has 4 rings (SSSR count). The predicted octanol–water partition coefficient (Wildman–Crippen LogP) is 1.66. The molecule has 0 unspecified atom stereocenters. The summed E-state index contributed by atoms with van der Waals surface area (Å²) in [5.74, 6) is 0.524. The van der Waals surface area contributed by atoms with E-state index < -0.39 is 17.2 Å². The monoisotopic (exact) mass is 367 g/mol. The molecule has 1 aliphatic heterocycles. The number of Topliss-reactive ketones (excluding diaryl/α,β-unsaturated/α-hetero) is 1. The van der Waals surface area contributed by atoms with Crippen LogP contribution < -0.4 is 21.3 Å². The molecule has 1 atom stereocenters. The first-order chi connectivity index (χ1) is 13.0. The van der Waals surface area contributed by atoms with Gasteiger partial charge in [-0.25, -0.2) is 4.79 Å². The van der Waals surface area contributed by atoms with Crippen LogP contribution in [0.5, 0.6) is 5.75 Å². The summed E-state index contributed by atoms with van der Waals surface area (Å²) < 4.78 is 8.04. The number of methoxy groups -OCH3 is 1. The van der Waals surface area contributed by atoms with Crippen LogP contribution in [0.1, 0.15) is 36.3 Å². The smallest absolute Gasteiger partial charge is 0.332 e. The maximum Gasteiger partial charge on any atom is 0.332 e. The molecule has 1 N–H and O–H groups in total. The van der Waals surface area contributed by atoms with E-state index in [2.05, 4.69) is 5.32 Å². The Hall–Kier alpha value is -3.09. The summed E-state index contributed by atoms with van der Waals surface area (Å²) in [5.41, 5.74) is 1.74. The number of anilines is 1. The highest BCUT2D eigenvalue weighted by Gasteiger charge is 2.39. The van der Waals surface area contributed by atoms with Crippen molar-refractivity contribution in [3.05, 3.63) is 67.5 Å². The fourth-order valence-electron chi connectivity index (χ4n) is 4.11.